The lowest BCUT2D eigenvalue weighted by molar-refractivity contribution is -0.140. The van der Waals surface area contributed by atoms with Crippen LogP contribution in [-0.2, 0) is 16.1 Å². The van der Waals surface area contributed by atoms with Crippen LogP contribution in [0.1, 0.15) is 16.8 Å². The minimum Gasteiger partial charge on any atom is -0.488 e. The molecule has 0 unspecified atom stereocenters. The Balaban J connectivity index is 1.41. The SMILES string of the molecule is Cc1ccc(-c2nc(COC(=O)C3=Cc4ccccc4OC3)cs2)cc1. The number of benzene rings is 2. The van der Waals surface area contributed by atoms with Crippen molar-refractivity contribution in [1.29, 1.82) is 0 Å². The lowest BCUT2D eigenvalue weighted by Crippen LogP contribution is -2.17. The van der Waals surface area contributed by atoms with Crippen molar-refractivity contribution in [2.24, 2.45) is 0 Å². The first kappa shape index (κ1) is 16.5. The number of thiazole rings is 1. The minimum atomic E-state index is -0.371. The number of aromatic nitrogens is 1. The van der Waals surface area contributed by atoms with Crippen LogP contribution in [0.2, 0.25) is 0 Å². The molecule has 0 aliphatic carbocycles. The summed E-state index contributed by atoms with van der Waals surface area (Å²) in [7, 11) is 0. The van der Waals surface area contributed by atoms with Gasteiger partial charge in [0.2, 0.25) is 0 Å². The highest BCUT2D eigenvalue weighted by molar-refractivity contribution is 7.13. The maximum Gasteiger partial charge on any atom is 0.337 e. The van der Waals surface area contributed by atoms with Gasteiger partial charge < -0.3 is 9.47 Å². The zero-order valence-electron chi connectivity index (χ0n) is 14.3. The molecule has 0 saturated carbocycles. The Morgan fingerprint density at radius 1 is 1.19 bits per heavy atom. The van der Waals surface area contributed by atoms with Crippen molar-refractivity contribution in [2.45, 2.75) is 13.5 Å². The van der Waals surface area contributed by atoms with Gasteiger partial charge >= 0.3 is 5.97 Å². The predicted octanol–water partition coefficient (Wildman–Crippen LogP) is 4.64. The van der Waals surface area contributed by atoms with Crippen LogP contribution in [0, 0.1) is 6.92 Å². The van der Waals surface area contributed by atoms with Gasteiger partial charge in [0, 0.05) is 16.5 Å². The molecule has 1 aromatic heterocycles. The molecule has 1 aliphatic rings. The van der Waals surface area contributed by atoms with E-state index in [1.807, 2.05) is 47.9 Å². The van der Waals surface area contributed by atoms with E-state index >= 15 is 0 Å². The summed E-state index contributed by atoms with van der Waals surface area (Å²) in [6.07, 6.45) is 1.82. The molecule has 4 nitrogen and oxygen atoms in total. The van der Waals surface area contributed by atoms with Gasteiger partial charge in [0.15, 0.2) is 0 Å². The highest BCUT2D eigenvalue weighted by atomic mass is 32.1. The maximum absolute atomic E-state index is 12.3. The van der Waals surface area contributed by atoms with E-state index in [-0.39, 0.29) is 19.2 Å². The second-order valence-electron chi connectivity index (χ2n) is 6.08. The molecule has 130 valence electrons. The molecule has 1 aliphatic heterocycles. The topological polar surface area (TPSA) is 48.4 Å². The third kappa shape index (κ3) is 3.53. The predicted molar refractivity (Wildman–Crippen MR) is 102 cm³/mol. The quantitative estimate of drug-likeness (QED) is 0.634. The summed E-state index contributed by atoms with van der Waals surface area (Å²) in [5.41, 5.74) is 4.43. The van der Waals surface area contributed by atoms with E-state index in [2.05, 4.69) is 24.0 Å². The van der Waals surface area contributed by atoms with Crippen LogP contribution in [0.15, 0.2) is 59.5 Å². The van der Waals surface area contributed by atoms with Crippen LogP contribution in [0.3, 0.4) is 0 Å². The number of ether oxygens (including phenoxy) is 2. The normalized spacial score (nSPS) is 12.7. The number of nitrogens with zero attached hydrogens (tertiary/aromatic N) is 1. The molecule has 0 fully saturated rings. The summed E-state index contributed by atoms with van der Waals surface area (Å²) in [4.78, 5) is 16.9. The number of esters is 1. The van der Waals surface area contributed by atoms with E-state index in [0.717, 1.165) is 27.6 Å². The van der Waals surface area contributed by atoms with Crippen molar-refractivity contribution >= 4 is 23.4 Å². The van der Waals surface area contributed by atoms with Crippen LogP contribution in [-0.4, -0.2) is 17.6 Å². The highest BCUT2D eigenvalue weighted by Gasteiger charge is 2.18. The average molecular weight is 363 g/mol. The second kappa shape index (κ2) is 7.14. The fourth-order valence-electron chi connectivity index (χ4n) is 2.67. The van der Waals surface area contributed by atoms with Crippen LogP contribution in [0.4, 0.5) is 0 Å². The smallest absolute Gasteiger partial charge is 0.337 e. The Kier molecular flexibility index (Phi) is 4.54. The van der Waals surface area contributed by atoms with Crippen molar-refractivity contribution in [2.75, 3.05) is 6.61 Å². The van der Waals surface area contributed by atoms with Crippen LogP contribution < -0.4 is 4.74 Å². The molecule has 0 bridgehead atoms. The first-order valence-electron chi connectivity index (χ1n) is 8.30. The van der Waals surface area contributed by atoms with Gasteiger partial charge in [-0.05, 0) is 19.1 Å². The van der Waals surface area contributed by atoms with Crippen LogP contribution in [0.5, 0.6) is 5.75 Å². The zero-order valence-corrected chi connectivity index (χ0v) is 15.1. The number of hydrogen-bond acceptors (Lipinski definition) is 5. The first-order chi connectivity index (χ1) is 12.7. The Morgan fingerprint density at radius 2 is 2.00 bits per heavy atom. The second-order valence-corrected chi connectivity index (χ2v) is 6.94. The largest absolute Gasteiger partial charge is 0.488 e. The average Bonchev–Trinajstić information content (AvgIpc) is 3.15. The molecule has 26 heavy (non-hydrogen) atoms. The zero-order chi connectivity index (χ0) is 17.9. The van der Waals surface area contributed by atoms with E-state index in [0.29, 0.717) is 5.57 Å². The monoisotopic (exact) mass is 363 g/mol. The van der Waals surface area contributed by atoms with Gasteiger partial charge in [-0.15, -0.1) is 11.3 Å². The molecule has 2 heterocycles. The van der Waals surface area contributed by atoms with E-state index in [1.54, 1.807) is 11.3 Å². The van der Waals surface area contributed by atoms with Crippen molar-refractivity contribution < 1.29 is 14.3 Å². The minimum absolute atomic E-state index is 0.153. The molecule has 0 atom stereocenters. The molecule has 5 heteroatoms. The Bertz CT molecular complexity index is 973. The van der Waals surface area contributed by atoms with Gasteiger partial charge in [0.1, 0.15) is 24.0 Å². The van der Waals surface area contributed by atoms with Gasteiger partial charge in [-0.2, -0.15) is 0 Å². The number of carbonyl (C=O) groups is 1. The van der Waals surface area contributed by atoms with Crippen molar-refractivity contribution in [3.05, 3.63) is 76.3 Å². The molecule has 4 rings (SSSR count). The van der Waals surface area contributed by atoms with Crippen molar-refractivity contribution in [3.8, 4) is 16.3 Å². The van der Waals surface area contributed by atoms with E-state index in [1.165, 1.54) is 5.56 Å². The summed E-state index contributed by atoms with van der Waals surface area (Å²) in [6, 6.07) is 15.8. The van der Waals surface area contributed by atoms with Gasteiger partial charge in [-0.3, -0.25) is 0 Å². The van der Waals surface area contributed by atoms with E-state index < -0.39 is 0 Å². The van der Waals surface area contributed by atoms with E-state index in [4.69, 9.17) is 9.47 Å². The lowest BCUT2D eigenvalue weighted by atomic mass is 10.1. The van der Waals surface area contributed by atoms with E-state index in [9.17, 15) is 4.79 Å². The first-order valence-corrected chi connectivity index (χ1v) is 9.18. The van der Waals surface area contributed by atoms with Crippen molar-refractivity contribution in [1.82, 2.24) is 4.98 Å². The maximum atomic E-state index is 12.3. The number of aryl methyl sites for hydroxylation is 1. The lowest BCUT2D eigenvalue weighted by Gasteiger charge is -2.16. The number of hydrogen-bond donors (Lipinski definition) is 0. The van der Waals surface area contributed by atoms with Crippen LogP contribution >= 0.6 is 11.3 Å². The number of carbonyl (C=O) groups excluding carboxylic acids is 1. The highest BCUT2D eigenvalue weighted by Crippen LogP contribution is 2.27. The molecule has 3 aromatic rings. The molecular weight excluding hydrogens is 346 g/mol. The summed E-state index contributed by atoms with van der Waals surface area (Å²) >= 11 is 1.54. The molecule has 0 spiro atoms. The molecular formula is C21H17NO3S. The summed E-state index contributed by atoms with van der Waals surface area (Å²) in [5, 5.41) is 2.84. The number of fused-ring (bicyclic) bond motifs is 1. The van der Waals surface area contributed by atoms with Crippen molar-refractivity contribution in [3.63, 3.8) is 0 Å². The summed E-state index contributed by atoms with van der Waals surface area (Å²) < 4.78 is 11.0. The summed E-state index contributed by atoms with van der Waals surface area (Å²) in [5.74, 6) is 0.413. The molecule has 0 amide bonds. The molecule has 0 N–H and O–H groups in total. The molecule has 2 aromatic carbocycles. The Hall–Kier alpha value is -2.92. The van der Waals surface area contributed by atoms with Gasteiger partial charge in [-0.1, -0.05) is 48.0 Å². The standard InChI is InChI=1S/C21H17NO3S/c1-14-6-8-15(9-7-14)20-22-18(13-26-20)12-25-21(23)17-10-16-4-2-3-5-19(16)24-11-17/h2-10,13H,11-12H2,1H3. The number of rotatable bonds is 4. The third-order valence-electron chi connectivity index (χ3n) is 4.10. The fraction of sp³-hybridized carbons (Fsp3) is 0.143. The Labute approximate surface area is 155 Å². The molecule has 0 radical (unpaired) electrons. The Morgan fingerprint density at radius 3 is 2.85 bits per heavy atom. The summed E-state index contributed by atoms with van der Waals surface area (Å²) in [6.45, 7) is 2.43. The number of para-hydroxylation sites is 1. The van der Waals surface area contributed by atoms with Gasteiger partial charge in [0.25, 0.3) is 0 Å². The molecule has 0 saturated heterocycles. The fourth-order valence-corrected chi connectivity index (χ4v) is 3.48. The van der Waals surface area contributed by atoms with Crippen LogP contribution in [0.25, 0.3) is 16.6 Å². The van der Waals surface area contributed by atoms with Gasteiger partial charge in [-0.25, -0.2) is 9.78 Å². The third-order valence-corrected chi connectivity index (χ3v) is 5.04. The van der Waals surface area contributed by atoms with Gasteiger partial charge in [0.05, 0.1) is 11.3 Å².